The van der Waals surface area contributed by atoms with Gasteiger partial charge in [-0.3, -0.25) is 0 Å². The third-order valence-corrected chi connectivity index (χ3v) is 3.11. The minimum atomic E-state index is 0.449. The fraction of sp³-hybridized carbons (Fsp3) is 0.125. The van der Waals surface area contributed by atoms with Gasteiger partial charge in [0, 0.05) is 5.39 Å². The summed E-state index contributed by atoms with van der Waals surface area (Å²) in [6.07, 6.45) is 0. The van der Waals surface area contributed by atoms with E-state index in [2.05, 4.69) is 32.0 Å². The van der Waals surface area contributed by atoms with Crippen LogP contribution in [0.3, 0.4) is 0 Å². The Morgan fingerprint density at radius 1 is 1.54 bits per heavy atom. The number of aromatic nitrogens is 2. The highest BCUT2D eigenvalue weighted by atomic mass is 79.9. The molecular weight excluding hydrogens is 250 g/mol. The van der Waals surface area contributed by atoms with Crippen LogP contribution in [-0.2, 0) is 0 Å². The van der Waals surface area contributed by atoms with E-state index in [0.717, 1.165) is 14.0 Å². The Bertz CT molecular complexity index is 512. The number of aryl methyl sites for hydroxylation is 1. The van der Waals surface area contributed by atoms with Crippen molar-refractivity contribution in [1.29, 1.82) is 5.26 Å². The van der Waals surface area contributed by atoms with Gasteiger partial charge in [-0.1, -0.05) is 0 Å². The second-order valence-corrected chi connectivity index (χ2v) is 4.91. The van der Waals surface area contributed by atoms with Crippen LogP contribution in [0.15, 0.2) is 9.85 Å². The normalized spacial score (nSPS) is 10.2. The molecule has 13 heavy (non-hydrogen) atoms. The number of halogens is 1. The van der Waals surface area contributed by atoms with Crippen LogP contribution in [-0.4, -0.2) is 9.97 Å². The molecule has 0 aliphatic carbocycles. The second kappa shape index (κ2) is 3.05. The summed E-state index contributed by atoms with van der Waals surface area (Å²) in [6, 6.07) is 3.93. The first kappa shape index (κ1) is 8.60. The molecule has 0 bridgehead atoms. The maximum absolute atomic E-state index is 8.82. The van der Waals surface area contributed by atoms with Crippen molar-refractivity contribution in [3.8, 4) is 6.07 Å². The first-order valence-electron chi connectivity index (χ1n) is 3.54. The van der Waals surface area contributed by atoms with Gasteiger partial charge < -0.3 is 0 Å². The Morgan fingerprint density at radius 2 is 2.31 bits per heavy atom. The average Bonchev–Trinajstić information content (AvgIpc) is 2.43. The topological polar surface area (TPSA) is 49.6 Å². The van der Waals surface area contributed by atoms with E-state index in [0.29, 0.717) is 11.5 Å². The fourth-order valence-electron chi connectivity index (χ4n) is 1.08. The van der Waals surface area contributed by atoms with Crippen LogP contribution in [0, 0.1) is 18.3 Å². The summed E-state index contributed by atoms with van der Waals surface area (Å²) >= 11 is 4.86. The van der Waals surface area contributed by atoms with Crippen molar-refractivity contribution in [3.63, 3.8) is 0 Å². The summed E-state index contributed by atoms with van der Waals surface area (Å²) < 4.78 is 0.971. The SMILES string of the molecule is Cc1nc(C#N)c2cc(Br)sc2n1. The molecule has 2 heterocycles. The highest BCUT2D eigenvalue weighted by molar-refractivity contribution is 9.11. The van der Waals surface area contributed by atoms with Crippen LogP contribution >= 0.6 is 27.3 Å². The van der Waals surface area contributed by atoms with Crippen molar-refractivity contribution < 1.29 is 0 Å². The van der Waals surface area contributed by atoms with Gasteiger partial charge in [0.2, 0.25) is 0 Å². The van der Waals surface area contributed by atoms with E-state index in [1.54, 1.807) is 6.92 Å². The van der Waals surface area contributed by atoms with Crippen LogP contribution in [0.4, 0.5) is 0 Å². The monoisotopic (exact) mass is 253 g/mol. The smallest absolute Gasteiger partial charge is 0.152 e. The van der Waals surface area contributed by atoms with Crippen LogP contribution in [0.1, 0.15) is 11.5 Å². The minimum absolute atomic E-state index is 0.449. The Balaban J connectivity index is 2.90. The zero-order valence-corrected chi connectivity index (χ0v) is 9.11. The van der Waals surface area contributed by atoms with E-state index < -0.39 is 0 Å². The van der Waals surface area contributed by atoms with Crippen molar-refractivity contribution in [3.05, 3.63) is 21.4 Å². The lowest BCUT2D eigenvalue weighted by molar-refractivity contribution is 1.08. The third-order valence-electron chi connectivity index (χ3n) is 1.58. The highest BCUT2D eigenvalue weighted by Gasteiger charge is 2.07. The summed E-state index contributed by atoms with van der Waals surface area (Å²) in [6.45, 7) is 1.79. The van der Waals surface area contributed by atoms with E-state index in [1.165, 1.54) is 11.3 Å². The second-order valence-electron chi connectivity index (χ2n) is 2.50. The Hall–Kier alpha value is -0.990. The fourth-order valence-corrected chi connectivity index (χ4v) is 2.58. The first-order chi connectivity index (χ1) is 6.20. The Kier molecular flexibility index (Phi) is 2.02. The van der Waals surface area contributed by atoms with Gasteiger partial charge in [0.15, 0.2) is 5.69 Å². The third kappa shape index (κ3) is 1.43. The number of fused-ring (bicyclic) bond motifs is 1. The number of rotatable bonds is 0. The largest absolute Gasteiger partial charge is 0.222 e. The molecule has 64 valence electrons. The summed E-state index contributed by atoms with van der Waals surface area (Å²) in [5.74, 6) is 0.637. The molecule has 0 N–H and O–H groups in total. The van der Waals surface area contributed by atoms with Crippen molar-refractivity contribution >= 4 is 37.5 Å². The molecule has 2 rings (SSSR count). The zero-order chi connectivity index (χ0) is 9.42. The molecule has 0 aliphatic heterocycles. The van der Waals surface area contributed by atoms with Gasteiger partial charge in [-0.25, -0.2) is 9.97 Å². The predicted molar refractivity (Wildman–Crippen MR) is 54.6 cm³/mol. The van der Waals surface area contributed by atoms with Crippen molar-refractivity contribution in [1.82, 2.24) is 9.97 Å². The standard InChI is InChI=1S/C8H4BrN3S/c1-4-11-6(3-10)5-2-7(9)13-8(5)12-4/h2H,1H3. The maximum Gasteiger partial charge on any atom is 0.152 e. The van der Waals surface area contributed by atoms with Gasteiger partial charge in [-0.2, -0.15) is 5.26 Å². The quantitative estimate of drug-likeness (QED) is 0.726. The van der Waals surface area contributed by atoms with Gasteiger partial charge in [-0.15, -0.1) is 11.3 Å². The molecule has 0 radical (unpaired) electrons. The molecule has 0 amide bonds. The lowest BCUT2D eigenvalue weighted by atomic mass is 10.3. The number of nitriles is 1. The minimum Gasteiger partial charge on any atom is -0.222 e. The van der Waals surface area contributed by atoms with Crippen LogP contribution in [0.5, 0.6) is 0 Å². The van der Waals surface area contributed by atoms with Crippen LogP contribution < -0.4 is 0 Å². The van der Waals surface area contributed by atoms with E-state index >= 15 is 0 Å². The lowest BCUT2D eigenvalue weighted by Crippen LogP contribution is -1.90. The number of hydrogen-bond acceptors (Lipinski definition) is 4. The highest BCUT2D eigenvalue weighted by Crippen LogP contribution is 2.29. The molecular formula is C8H4BrN3S. The summed E-state index contributed by atoms with van der Waals surface area (Å²) in [5, 5.41) is 9.64. The average molecular weight is 254 g/mol. The maximum atomic E-state index is 8.82. The van der Waals surface area contributed by atoms with Crippen molar-refractivity contribution in [2.24, 2.45) is 0 Å². The molecule has 0 aliphatic rings. The van der Waals surface area contributed by atoms with Crippen molar-refractivity contribution in [2.45, 2.75) is 6.92 Å². The summed E-state index contributed by atoms with van der Waals surface area (Å²) in [5.41, 5.74) is 0.449. The summed E-state index contributed by atoms with van der Waals surface area (Å²) in [4.78, 5) is 9.14. The van der Waals surface area contributed by atoms with E-state index in [9.17, 15) is 0 Å². The van der Waals surface area contributed by atoms with E-state index in [1.807, 2.05) is 6.07 Å². The van der Waals surface area contributed by atoms with Crippen LogP contribution in [0.2, 0.25) is 0 Å². The molecule has 0 atom stereocenters. The van der Waals surface area contributed by atoms with Crippen molar-refractivity contribution in [2.75, 3.05) is 0 Å². The lowest BCUT2D eigenvalue weighted by Gasteiger charge is -1.93. The van der Waals surface area contributed by atoms with Gasteiger partial charge in [0.1, 0.15) is 16.7 Å². The van der Waals surface area contributed by atoms with Gasteiger partial charge in [0.05, 0.1) is 3.79 Å². The molecule has 0 unspecified atom stereocenters. The number of hydrogen-bond donors (Lipinski definition) is 0. The molecule has 3 nitrogen and oxygen atoms in total. The van der Waals surface area contributed by atoms with Gasteiger partial charge in [-0.05, 0) is 28.9 Å². The Labute approximate surface area is 87.2 Å². The molecule has 0 saturated heterocycles. The van der Waals surface area contributed by atoms with E-state index in [-0.39, 0.29) is 0 Å². The van der Waals surface area contributed by atoms with Gasteiger partial charge in [0.25, 0.3) is 0 Å². The van der Waals surface area contributed by atoms with Gasteiger partial charge >= 0.3 is 0 Å². The number of nitrogens with zero attached hydrogens (tertiary/aromatic N) is 3. The molecule has 0 aromatic carbocycles. The Morgan fingerprint density at radius 3 is 3.00 bits per heavy atom. The summed E-state index contributed by atoms with van der Waals surface area (Å²) in [7, 11) is 0. The molecule has 2 aromatic heterocycles. The predicted octanol–water partition coefficient (Wildman–Crippen LogP) is 2.63. The molecule has 5 heteroatoms. The first-order valence-corrected chi connectivity index (χ1v) is 5.15. The molecule has 0 saturated carbocycles. The van der Waals surface area contributed by atoms with Crippen LogP contribution in [0.25, 0.3) is 10.2 Å². The van der Waals surface area contributed by atoms with E-state index in [4.69, 9.17) is 5.26 Å². The number of thiophene rings is 1. The zero-order valence-electron chi connectivity index (χ0n) is 6.71. The molecule has 0 fully saturated rings. The molecule has 0 spiro atoms. The molecule has 2 aromatic rings.